The molecule has 0 radical (unpaired) electrons. The second kappa shape index (κ2) is 3.07. The highest BCUT2D eigenvalue weighted by Gasteiger charge is 2.40. The summed E-state index contributed by atoms with van der Waals surface area (Å²) in [4.78, 5) is 13.4. The zero-order valence-corrected chi connectivity index (χ0v) is 8.39. The van der Waals surface area contributed by atoms with Gasteiger partial charge >= 0.3 is 0 Å². The first kappa shape index (κ1) is 8.92. The fourth-order valence-corrected chi connectivity index (χ4v) is 2.65. The molecule has 1 N–H and O–H groups in total. The van der Waals surface area contributed by atoms with Gasteiger partial charge in [-0.05, 0) is 17.5 Å². The van der Waals surface area contributed by atoms with Crippen LogP contribution in [0.3, 0.4) is 0 Å². The average Bonchev–Trinajstić information content (AvgIpc) is 2.62. The van der Waals surface area contributed by atoms with Crippen LogP contribution in [0.2, 0.25) is 0 Å². The maximum absolute atomic E-state index is 11.6. The first-order valence-corrected chi connectivity index (χ1v) is 5.33. The van der Waals surface area contributed by atoms with Gasteiger partial charge in [-0.15, -0.1) is 0 Å². The Bertz CT molecular complexity index is 416. The Labute approximate surface area is 88.3 Å². The molecule has 3 rings (SSSR count). The summed E-state index contributed by atoms with van der Waals surface area (Å²) in [5.41, 5.74) is 2.07. The number of benzene rings is 1. The van der Waals surface area contributed by atoms with Crippen molar-refractivity contribution in [3.8, 4) is 0 Å². The van der Waals surface area contributed by atoms with E-state index in [9.17, 15) is 9.90 Å². The van der Waals surface area contributed by atoms with Gasteiger partial charge in [-0.2, -0.15) is 0 Å². The number of amides is 1. The van der Waals surface area contributed by atoms with Crippen molar-refractivity contribution in [2.75, 3.05) is 0 Å². The molecule has 0 saturated carbocycles. The van der Waals surface area contributed by atoms with Crippen molar-refractivity contribution in [1.29, 1.82) is 0 Å². The number of nitrogens with zero attached hydrogens (tertiary/aromatic N) is 1. The summed E-state index contributed by atoms with van der Waals surface area (Å²) in [6, 6.07) is 7.84. The molecule has 0 aromatic heterocycles. The maximum Gasteiger partial charge on any atom is 0.223 e. The Morgan fingerprint density at radius 3 is 3.00 bits per heavy atom. The SMILES string of the molecule is O=C1CC[C@H]2[C@H](O)c3ccccc3CN12. The predicted molar refractivity (Wildman–Crippen MR) is 55.0 cm³/mol. The molecular weight excluding hydrogens is 190 g/mol. The number of aliphatic hydroxyl groups excluding tert-OH is 1. The summed E-state index contributed by atoms with van der Waals surface area (Å²) in [6.07, 6.45) is 0.866. The molecular formula is C12H13NO2. The second-order valence-electron chi connectivity index (χ2n) is 4.27. The maximum atomic E-state index is 11.6. The minimum absolute atomic E-state index is 0.00685. The van der Waals surface area contributed by atoms with Gasteiger partial charge in [0.25, 0.3) is 0 Å². The highest BCUT2D eigenvalue weighted by atomic mass is 16.3. The number of hydrogen-bond donors (Lipinski definition) is 1. The Morgan fingerprint density at radius 1 is 1.33 bits per heavy atom. The molecule has 15 heavy (non-hydrogen) atoms. The Balaban J connectivity index is 2.06. The lowest BCUT2D eigenvalue weighted by Gasteiger charge is -2.35. The van der Waals surface area contributed by atoms with Gasteiger partial charge in [0.15, 0.2) is 0 Å². The molecule has 2 atom stereocenters. The smallest absolute Gasteiger partial charge is 0.223 e. The molecule has 3 nitrogen and oxygen atoms in total. The van der Waals surface area contributed by atoms with E-state index < -0.39 is 6.10 Å². The summed E-state index contributed by atoms with van der Waals surface area (Å²) in [7, 11) is 0. The molecule has 1 saturated heterocycles. The molecule has 0 bridgehead atoms. The van der Waals surface area contributed by atoms with E-state index in [1.165, 1.54) is 0 Å². The van der Waals surface area contributed by atoms with E-state index in [2.05, 4.69) is 0 Å². The van der Waals surface area contributed by atoms with Crippen molar-refractivity contribution in [2.45, 2.75) is 31.5 Å². The second-order valence-corrected chi connectivity index (χ2v) is 4.27. The molecule has 3 heteroatoms. The highest BCUT2D eigenvalue weighted by molar-refractivity contribution is 5.79. The van der Waals surface area contributed by atoms with Crippen molar-refractivity contribution in [3.63, 3.8) is 0 Å². The fourth-order valence-electron chi connectivity index (χ4n) is 2.65. The lowest BCUT2D eigenvalue weighted by atomic mass is 9.92. The Hall–Kier alpha value is -1.35. The number of carbonyl (C=O) groups is 1. The molecule has 2 heterocycles. The van der Waals surface area contributed by atoms with Gasteiger partial charge in [-0.1, -0.05) is 24.3 Å². The van der Waals surface area contributed by atoms with Crippen LogP contribution in [0.15, 0.2) is 24.3 Å². The quantitative estimate of drug-likeness (QED) is 0.688. The predicted octanol–water partition coefficient (Wildman–Crippen LogP) is 1.22. The van der Waals surface area contributed by atoms with E-state index in [0.29, 0.717) is 13.0 Å². The molecule has 0 unspecified atom stereocenters. The van der Waals surface area contributed by atoms with E-state index in [0.717, 1.165) is 17.5 Å². The van der Waals surface area contributed by atoms with Crippen LogP contribution in [0.1, 0.15) is 30.1 Å². The number of fused-ring (bicyclic) bond motifs is 2. The molecule has 0 spiro atoms. The molecule has 0 aliphatic carbocycles. The molecule has 2 aliphatic rings. The monoisotopic (exact) mass is 203 g/mol. The topological polar surface area (TPSA) is 40.5 Å². The lowest BCUT2D eigenvalue weighted by molar-refractivity contribution is -0.131. The van der Waals surface area contributed by atoms with Gasteiger partial charge in [-0.3, -0.25) is 4.79 Å². The zero-order valence-electron chi connectivity index (χ0n) is 8.39. The highest BCUT2D eigenvalue weighted by Crippen LogP contribution is 2.37. The lowest BCUT2D eigenvalue weighted by Crippen LogP contribution is -2.40. The molecule has 78 valence electrons. The minimum Gasteiger partial charge on any atom is -0.386 e. The van der Waals surface area contributed by atoms with Crippen molar-refractivity contribution < 1.29 is 9.90 Å². The van der Waals surface area contributed by atoms with E-state index in [1.54, 1.807) is 0 Å². The molecule has 1 fully saturated rings. The summed E-state index contributed by atoms with van der Waals surface area (Å²) in [5, 5.41) is 10.2. The molecule has 1 aromatic carbocycles. The summed E-state index contributed by atoms with van der Waals surface area (Å²) in [5.74, 6) is 0.175. The van der Waals surface area contributed by atoms with Crippen LogP contribution in [0, 0.1) is 0 Å². The third kappa shape index (κ3) is 1.20. The minimum atomic E-state index is -0.499. The van der Waals surface area contributed by atoms with Crippen LogP contribution < -0.4 is 0 Å². The van der Waals surface area contributed by atoms with Crippen LogP contribution in [0.25, 0.3) is 0 Å². The number of hydrogen-bond acceptors (Lipinski definition) is 2. The standard InChI is InChI=1S/C12H13NO2/c14-11-6-5-10-12(15)9-4-2-1-3-8(9)7-13(10)11/h1-4,10,12,15H,5-7H2/t10-,12+/m0/s1. The van der Waals surface area contributed by atoms with Crippen molar-refractivity contribution in [3.05, 3.63) is 35.4 Å². The Morgan fingerprint density at radius 2 is 2.13 bits per heavy atom. The van der Waals surface area contributed by atoms with Crippen LogP contribution >= 0.6 is 0 Å². The number of carbonyl (C=O) groups excluding carboxylic acids is 1. The van der Waals surface area contributed by atoms with Gasteiger partial charge in [0.2, 0.25) is 5.91 Å². The van der Waals surface area contributed by atoms with E-state index in [-0.39, 0.29) is 11.9 Å². The van der Waals surface area contributed by atoms with Gasteiger partial charge < -0.3 is 10.0 Å². The van der Waals surface area contributed by atoms with Gasteiger partial charge in [0.1, 0.15) is 0 Å². The van der Waals surface area contributed by atoms with Crippen LogP contribution in [0.5, 0.6) is 0 Å². The van der Waals surface area contributed by atoms with Crippen molar-refractivity contribution >= 4 is 5.91 Å². The largest absolute Gasteiger partial charge is 0.386 e. The molecule has 1 amide bonds. The summed E-state index contributed by atoms with van der Waals surface area (Å²) in [6.45, 7) is 0.663. The van der Waals surface area contributed by atoms with E-state index in [4.69, 9.17) is 0 Å². The van der Waals surface area contributed by atoms with Crippen molar-refractivity contribution in [2.24, 2.45) is 0 Å². The van der Waals surface area contributed by atoms with Gasteiger partial charge in [0.05, 0.1) is 12.1 Å². The molecule has 2 aliphatic heterocycles. The normalized spacial score (nSPS) is 28.9. The van der Waals surface area contributed by atoms with Crippen LogP contribution in [0.4, 0.5) is 0 Å². The number of rotatable bonds is 0. The molecule has 1 aromatic rings. The third-order valence-electron chi connectivity index (χ3n) is 3.45. The Kier molecular flexibility index (Phi) is 1.83. The van der Waals surface area contributed by atoms with Crippen molar-refractivity contribution in [1.82, 2.24) is 4.90 Å². The van der Waals surface area contributed by atoms with E-state index in [1.807, 2.05) is 29.2 Å². The summed E-state index contributed by atoms with van der Waals surface area (Å²) >= 11 is 0. The van der Waals surface area contributed by atoms with E-state index >= 15 is 0 Å². The first-order valence-electron chi connectivity index (χ1n) is 5.33. The van der Waals surface area contributed by atoms with Crippen LogP contribution in [-0.2, 0) is 11.3 Å². The number of aliphatic hydroxyl groups is 1. The third-order valence-corrected chi connectivity index (χ3v) is 3.45. The first-order chi connectivity index (χ1) is 7.27. The van der Waals surface area contributed by atoms with Gasteiger partial charge in [-0.25, -0.2) is 0 Å². The zero-order chi connectivity index (χ0) is 10.4. The summed E-state index contributed by atoms with van der Waals surface area (Å²) < 4.78 is 0. The fraction of sp³-hybridized carbons (Fsp3) is 0.417. The average molecular weight is 203 g/mol. The van der Waals surface area contributed by atoms with Gasteiger partial charge in [0, 0.05) is 13.0 Å². The van der Waals surface area contributed by atoms with Crippen LogP contribution in [-0.4, -0.2) is 22.0 Å².